The molecule has 0 saturated heterocycles. The molecule has 0 spiro atoms. The van der Waals surface area contributed by atoms with Crippen LogP contribution in [0.5, 0.6) is 0 Å². The Bertz CT molecular complexity index is 502. The van der Waals surface area contributed by atoms with Gasteiger partial charge in [-0.2, -0.15) is 5.10 Å². The molecule has 2 rings (SSSR count). The van der Waals surface area contributed by atoms with Crippen molar-refractivity contribution < 1.29 is 0 Å². The minimum Gasteiger partial charge on any atom is -0.307 e. The van der Waals surface area contributed by atoms with Gasteiger partial charge < -0.3 is 5.32 Å². The summed E-state index contributed by atoms with van der Waals surface area (Å²) in [5.41, 5.74) is 4.08. The predicted octanol–water partition coefficient (Wildman–Crippen LogP) is 3.15. The zero-order valence-corrected chi connectivity index (χ0v) is 11.9. The Morgan fingerprint density at radius 1 is 1.05 bits per heavy atom. The first-order chi connectivity index (χ1) is 9.35. The average molecular weight is 257 g/mol. The van der Waals surface area contributed by atoms with Gasteiger partial charge in [-0.15, -0.1) is 0 Å². The molecule has 0 aliphatic heterocycles. The summed E-state index contributed by atoms with van der Waals surface area (Å²) >= 11 is 0. The van der Waals surface area contributed by atoms with Crippen LogP contribution in [-0.4, -0.2) is 9.78 Å². The van der Waals surface area contributed by atoms with Gasteiger partial charge >= 0.3 is 0 Å². The molecule has 0 radical (unpaired) electrons. The minimum absolute atomic E-state index is 0.873. The van der Waals surface area contributed by atoms with Crippen LogP contribution in [0.15, 0.2) is 36.5 Å². The van der Waals surface area contributed by atoms with Gasteiger partial charge in [0.25, 0.3) is 0 Å². The summed E-state index contributed by atoms with van der Waals surface area (Å²) in [5.74, 6) is 0. The van der Waals surface area contributed by atoms with Gasteiger partial charge in [0.05, 0.1) is 5.69 Å². The maximum atomic E-state index is 4.34. The van der Waals surface area contributed by atoms with E-state index in [4.69, 9.17) is 0 Å². The summed E-state index contributed by atoms with van der Waals surface area (Å²) in [5, 5.41) is 7.86. The van der Waals surface area contributed by atoms with Crippen molar-refractivity contribution in [3.63, 3.8) is 0 Å². The van der Waals surface area contributed by atoms with E-state index in [1.165, 1.54) is 16.8 Å². The first-order valence-corrected chi connectivity index (χ1v) is 7.13. The highest BCUT2D eigenvalue weighted by Crippen LogP contribution is 2.09. The Labute approximate surface area is 115 Å². The molecule has 0 aliphatic rings. The summed E-state index contributed by atoms with van der Waals surface area (Å²) in [6.07, 6.45) is 4.09. The second-order valence-corrected chi connectivity index (χ2v) is 4.77. The van der Waals surface area contributed by atoms with Gasteiger partial charge in [0.15, 0.2) is 0 Å². The molecule has 0 atom stereocenters. The Balaban J connectivity index is 1.91. The number of benzene rings is 1. The average Bonchev–Trinajstić information content (AvgIpc) is 2.87. The van der Waals surface area contributed by atoms with E-state index in [1.807, 2.05) is 6.20 Å². The second-order valence-electron chi connectivity index (χ2n) is 4.77. The van der Waals surface area contributed by atoms with E-state index in [9.17, 15) is 0 Å². The maximum absolute atomic E-state index is 4.34. The SMILES string of the molecule is CCCn1nccc1CNCc1ccccc1CC. The largest absolute Gasteiger partial charge is 0.307 e. The van der Waals surface area contributed by atoms with E-state index in [0.717, 1.165) is 32.5 Å². The molecule has 0 aliphatic carbocycles. The summed E-state index contributed by atoms with van der Waals surface area (Å²) in [6.45, 7) is 7.17. The van der Waals surface area contributed by atoms with Crippen molar-refractivity contribution >= 4 is 0 Å². The minimum atomic E-state index is 0.873. The van der Waals surface area contributed by atoms with Gasteiger partial charge in [0.1, 0.15) is 0 Å². The number of hydrogen-bond acceptors (Lipinski definition) is 2. The predicted molar refractivity (Wildman–Crippen MR) is 78.9 cm³/mol. The molecule has 0 saturated carbocycles. The monoisotopic (exact) mass is 257 g/mol. The molecule has 1 heterocycles. The fourth-order valence-corrected chi connectivity index (χ4v) is 2.32. The van der Waals surface area contributed by atoms with Gasteiger partial charge in [0.2, 0.25) is 0 Å². The molecule has 2 aromatic rings. The summed E-state index contributed by atoms with van der Waals surface area (Å²) in [7, 11) is 0. The van der Waals surface area contributed by atoms with Crippen LogP contribution < -0.4 is 5.32 Å². The Hall–Kier alpha value is -1.61. The molecule has 3 heteroatoms. The van der Waals surface area contributed by atoms with Crippen molar-refractivity contribution in [3.05, 3.63) is 53.3 Å². The summed E-state index contributed by atoms with van der Waals surface area (Å²) in [4.78, 5) is 0. The lowest BCUT2D eigenvalue weighted by atomic mass is 10.1. The molecule has 0 amide bonds. The number of nitrogens with one attached hydrogen (secondary N) is 1. The Morgan fingerprint density at radius 3 is 2.58 bits per heavy atom. The fourth-order valence-electron chi connectivity index (χ4n) is 2.32. The number of aromatic nitrogens is 2. The van der Waals surface area contributed by atoms with Gasteiger partial charge in [-0.25, -0.2) is 0 Å². The van der Waals surface area contributed by atoms with Crippen LogP contribution >= 0.6 is 0 Å². The lowest BCUT2D eigenvalue weighted by molar-refractivity contribution is 0.549. The molecule has 0 unspecified atom stereocenters. The van der Waals surface area contributed by atoms with Crippen molar-refractivity contribution in [3.8, 4) is 0 Å². The van der Waals surface area contributed by atoms with Gasteiger partial charge in [0, 0.05) is 25.8 Å². The van der Waals surface area contributed by atoms with E-state index in [1.54, 1.807) is 0 Å². The van der Waals surface area contributed by atoms with Crippen molar-refractivity contribution in [1.29, 1.82) is 0 Å². The Morgan fingerprint density at radius 2 is 1.84 bits per heavy atom. The van der Waals surface area contributed by atoms with Gasteiger partial charge in [-0.05, 0) is 30.0 Å². The van der Waals surface area contributed by atoms with E-state index >= 15 is 0 Å². The number of aryl methyl sites for hydroxylation is 2. The fraction of sp³-hybridized carbons (Fsp3) is 0.438. The summed E-state index contributed by atoms with van der Waals surface area (Å²) < 4.78 is 2.08. The van der Waals surface area contributed by atoms with E-state index < -0.39 is 0 Å². The quantitative estimate of drug-likeness (QED) is 0.826. The second kappa shape index (κ2) is 7.10. The molecular weight excluding hydrogens is 234 g/mol. The molecule has 0 bridgehead atoms. The standard InChI is InChI=1S/C16H23N3/c1-3-11-19-16(9-10-18-19)13-17-12-15-8-6-5-7-14(15)4-2/h5-10,17H,3-4,11-13H2,1-2H3. The van der Waals surface area contributed by atoms with Crippen LogP contribution in [0.25, 0.3) is 0 Å². The van der Waals surface area contributed by atoms with Crippen LogP contribution in [0.4, 0.5) is 0 Å². The zero-order chi connectivity index (χ0) is 13.5. The third kappa shape index (κ3) is 3.67. The molecular formula is C16H23N3. The topological polar surface area (TPSA) is 29.9 Å². The number of rotatable bonds is 7. The normalized spacial score (nSPS) is 10.8. The molecule has 102 valence electrons. The number of nitrogens with zero attached hydrogens (tertiary/aromatic N) is 2. The van der Waals surface area contributed by atoms with Crippen LogP contribution in [-0.2, 0) is 26.1 Å². The molecule has 3 nitrogen and oxygen atoms in total. The lowest BCUT2D eigenvalue weighted by Gasteiger charge is -2.10. The van der Waals surface area contributed by atoms with Crippen molar-refractivity contribution in [2.45, 2.75) is 46.3 Å². The third-order valence-corrected chi connectivity index (χ3v) is 3.36. The maximum Gasteiger partial charge on any atom is 0.0522 e. The van der Waals surface area contributed by atoms with Gasteiger partial charge in [-0.1, -0.05) is 38.1 Å². The van der Waals surface area contributed by atoms with E-state index in [2.05, 4.69) is 59.3 Å². The molecule has 1 aromatic heterocycles. The number of hydrogen-bond donors (Lipinski definition) is 1. The van der Waals surface area contributed by atoms with Crippen molar-refractivity contribution in [2.24, 2.45) is 0 Å². The first kappa shape index (κ1) is 13.8. The molecule has 1 aromatic carbocycles. The molecule has 0 fully saturated rings. The highest BCUT2D eigenvalue weighted by Gasteiger charge is 2.02. The third-order valence-electron chi connectivity index (χ3n) is 3.36. The molecule has 19 heavy (non-hydrogen) atoms. The van der Waals surface area contributed by atoms with E-state index in [-0.39, 0.29) is 0 Å². The zero-order valence-electron chi connectivity index (χ0n) is 11.9. The highest BCUT2D eigenvalue weighted by molar-refractivity contribution is 5.26. The van der Waals surface area contributed by atoms with Crippen LogP contribution in [0, 0.1) is 0 Å². The summed E-state index contributed by atoms with van der Waals surface area (Å²) in [6, 6.07) is 10.7. The van der Waals surface area contributed by atoms with Crippen LogP contribution in [0.2, 0.25) is 0 Å². The van der Waals surface area contributed by atoms with E-state index in [0.29, 0.717) is 0 Å². The van der Waals surface area contributed by atoms with Gasteiger partial charge in [-0.3, -0.25) is 4.68 Å². The smallest absolute Gasteiger partial charge is 0.0522 e. The van der Waals surface area contributed by atoms with Crippen LogP contribution in [0.3, 0.4) is 0 Å². The van der Waals surface area contributed by atoms with Crippen molar-refractivity contribution in [1.82, 2.24) is 15.1 Å². The van der Waals surface area contributed by atoms with Crippen LogP contribution in [0.1, 0.15) is 37.1 Å². The highest BCUT2D eigenvalue weighted by atomic mass is 15.3. The lowest BCUT2D eigenvalue weighted by Crippen LogP contribution is -2.17. The first-order valence-electron chi connectivity index (χ1n) is 7.13. The molecule has 1 N–H and O–H groups in total. The Kier molecular flexibility index (Phi) is 5.16. The van der Waals surface area contributed by atoms with Crippen molar-refractivity contribution in [2.75, 3.05) is 0 Å².